The molecular formula is C20H26BrNO3. The number of aryl methyl sites for hydroxylation is 1. The van der Waals surface area contributed by atoms with Gasteiger partial charge in [-0.1, -0.05) is 36.8 Å². The molecule has 2 aromatic rings. The van der Waals surface area contributed by atoms with Gasteiger partial charge in [0.25, 0.3) is 0 Å². The molecule has 2 aromatic carbocycles. The quantitative estimate of drug-likeness (QED) is 0.653. The number of nitrogens with one attached hydrogen (secondary N) is 1. The first-order valence-electron chi connectivity index (χ1n) is 8.46. The van der Waals surface area contributed by atoms with E-state index >= 15 is 0 Å². The lowest BCUT2D eigenvalue weighted by Gasteiger charge is -2.17. The zero-order valence-corrected chi connectivity index (χ0v) is 16.6. The molecule has 2 N–H and O–H groups in total. The van der Waals surface area contributed by atoms with Gasteiger partial charge in [-0.3, -0.25) is 0 Å². The highest BCUT2D eigenvalue weighted by atomic mass is 79.9. The van der Waals surface area contributed by atoms with Crippen LogP contribution in [0.1, 0.15) is 30.0 Å². The minimum absolute atomic E-state index is 0.0993. The molecule has 0 aromatic heterocycles. The third-order valence-corrected chi connectivity index (χ3v) is 4.69. The Kier molecular flexibility index (Phi) is 7.75. The minimum atomic E-state index is 0.0993. The van der Waals surface area contributed by atoms with Crippen LogP contribution in [-0.2, 0) is 13.2 Å². The number of methoxy groups -OCH3 is 1. The summed E-state index contributed by atoms with van der Waals surface area (Å²) in [6.45, 7) is 5.39. The summed E-state index contributed by atoms with van der Waals surface area (Å²) in [4.78, 5) is 0. The number of halogens is 1. The van der Waals surface area contributed by atoms with Gasteiger partial charge in [0, 0.05) is 12.6 Å². The van der Waals surface area contributed by atoms with Gasteiger partial charge in [0.2, 0.25) is 0 Å². The fourth-order valence-corrected chi connectivity index (χ4v) is 3.06. The highest BCUT2D eigenvalue weighted by Crippen LogP contribution is 2.37. The molecule has 0 spiro atoms. The lowest BCUT2D eigenvalue weighted by Crippen LogP contribution is -2.31. The van der Waals surface area contributed by atoms with Crippen molar-refractivity contribution in [3.8, 4) is 11.5 Å². The summed E-state index contributed by atoms with van der Waals surface area (Å²) in [7, 11) is 1.64. The highest BCUT2D eigenvalue weighted by Gasteiger charge is 2.13. The van der Waals surface area contributed by atoms with Crippen LogP contribution in [0.3, 0.4) is 0 Å². The molecule has 25 heavy (non-hydrogen) atoms. The number of aliphatic hydroxyl groups excluding tert-OH is 1. The van der Waals surface area contributed by atoms with Crippen molar-refractivity contribution in [1.29, 1.82) is 0 Å². The van der Waals surface area contributed by atoms with Crippen molar-refractivity contribution >= 4 is 15.9 Å². The van der Waals surface area contributed by atoms with E-state index in [4.69, 9.17) is 9.47 Å². The first kappa shape index (κ1) is 19.8. The Morgan fingerprint density at radius 2 is 1.88 bits per heavy atom. The number of benzene rings is 2. The highest BCUT2D eigenvalue weighted by molar-refractivity contribution is 9.10. The van der Waals surface area contributed by atoms with Gasteiger partial charge in [-0.15, -0.1) is 0 Å². The Morgan fingerprint density at radius 1 is 1.16 bits per heavy atom. The van der Waals surface area contributed by atoms with E-state index in [9.17, 15) is 5.11 Å². The van der Waals surface area contributed by atoms with Crippen LogP contribution in [0, 0.1) is 6.92 Å². The summed E-state index contributed by atoms with van der Waals surface area (Å²) in [6, 6.07) is 12.4. The van der Waals surface area contributed by atoms with E-state index in [0.717, 1.165) is 22.0 Å². The molecule has 0 radical (unpaired) electrons. The van der Waals surface area contributed by atoms with E-state index in [0.29, 0.717) is 24.7 Å². The number of hydrogen-bond acceptors (Lipinski definition) is 4. The van der Waals surface area contributed by atoms with E-state index in [2.05, 4.69) is 52.4 Å². The van der Waals surface area contributed by atoms with Crippen molar-refractivity contribution in [3.63, 3.8) is 0 Å². The van der Waals surface area contributed by atoms with Crippen LogP contribution in [0.15, 0.2) is 40.9 Å². The summed E-state index contributed by atoms with van der Waals surface area (Å²) < 4.78 is 12.3. The molecule has 0 unspecified atom stereocenters. The van der Waals surface area contributed by atoms with Crippen LogP contribution in [0.2, 0.25) is 0 Å². The van der Waals surface area contributed by atoms with Gasteiger partial charge in [-0.25, -0.2) is 0 Å². The minimum Gasteiger partial charge on any atom is -0.493 e. The van der Waals surface area contributed by atoms with Gasteiger partial charge >= 0.3 is 0 Å². The smallest absolute Gasteiger partial charge is 0.175 e. The maximum Gasteiger partial charge on any atom is 0.175 e. The molecule has 0 aliphatic rings. The molecule has 2 rings (SSSR count). The molecule has 136 valence electrons. The molecule has 0 bridgehead atoms. The fraction of sp³-hybridized carbons (Fsp3) is 0.400. The lowest BCUT2D eigenvalue weighted by molar-refractivity contribution is 0.238. The Bertz CT molecular complexity index is 669. The third kappa shape index (κ3) is 5.73. The van der Waals surface area contributed by atoms with E-state index in [1.54, 1.807) is 7.11 Å². The van der Waals surface area contributed by atoms with Gasteiger partial charge < -0.3 is 19.9 Å². The number of aliphatic hydroxyl groups is 1. The van der Waals surface area contributed by atoms with Crippen LogP contribution in [-0.4, -0.2) is 24.9 Å². The second kappa shape index (κ2) is 9.80. The van der Waals surface area contributed by atoms with E-state index in [1.807, 2.05) is 19.1 Å². The van der Waals surface area contributed by atoms with Crippen molar-refractivity contribution in [2.75, 3.05) is 13.7 Å². The maximum atomic E-state index is 9.28. The largest absolute Gasteiger partial charge is 0.493 e. The Morgan fingerprint density at radius 3 is 2.48 bits per heavy atom. The van der Waals surface area contributed by atoms with E-state index in [1.165, 1.54) is 5.56 Å². The van der Waals surface area contributed by atoms with Crippen LogP contribution in [0.4, 0.5) is 0 Å². The fourth-order valence-electron chi connectivity index (χ4n) is 2.46. The Balaban J connectivity index is 2.09. The summed E-state index contributed by atoms with van der Waals surface area (Å²) in [5.74, 6) is 1.39. The van der Waals surface area contributed by atoms with E-state index < -0.39 is 0 Å². The second-order valence-corrected chi connectivity index (χ2v) is 6.91. The van der Waals surface area contributed by atoms with E-state index in [-0.39, 0.29) is 12.6 Å². The SMILES string of the molecule is CC[C@@H](CO)NCc1cc(Br)c(OCc2ccc(C)cc2)c(OC)c1. The van der Waals surface area contributed by atoms with Gasteiger partial charge in [0.05, 0.1) is 18.2 Å². The molecule has 0 heterocycles. The van der Waals surface area contributed by atoms with Crippen molar-refractivity contribution < 1.29 is 14.6 Å². The molecule has 1 atom stereocenters. The number of rotatable bonds is 9. The lowest BCUT2D eigenvalue weighted by atomic mass is 10.1. The standard InChI is InChI=1S/C20H26BrNO3/c1-4-17(12-23)22-11-16-9-18(21)20(19(10-16)24-3)25-13-15-7-5-14(2)6-8-15/h5-10,17,22-23H,4,11-13H2,1-3H3/t17-/m0/s1. The van der Waals surface area contributed by atoms with Crippen LogP contribution < -0.4 is 14.8 Å². The van der Waals surface area contributed by atoms with Crippen LogP contribution >= 0.6 is 15.9 Å². The molecule has 0 saturated carbocycles. The molecular weight excluding hydrogens is 382 g/mol. The summed E-state index contributed by atoms with van der Waals surface area (Å²) >= 11 is 3.58. The zero-order valence-electron chi connectivity index (χ0n) is 15.0. The van der Waals surface area contributed by atoms with Crippen molar-refractivity contribution in [3.05, 3.63) is 57.6 Å². The zero-order chi connectivity index (χ0) is 18.2. The topological polar surface area (TPSA) is 50.7 Å². The first-order chi connectivity index (χ1) is 12.1. The summed E-state index contributed by atoms with van der Waals surface area (Å²) in [5, 5.41) is 12.6. The predicted molar refractivity (Wildman–Crippen MR) is 104 cm³/mol. The monoisotopic (exact) mass is 407 g/mol. The van der Waals surface area contributed by atoms with Gasteiger partial charge in [0.15, 0.2) is 11.5 Å². The van der Waals surface area contributed by atoms with Crippen LogP contribution in [0.25, 0.3) is 0 Å². The van der Waals surface area contributed by atoms with Gasteiger partial charge in [-0.05, 0) is 52.5 Å². The maximum absolute atomic E-state index is 9.28. The van der Waals surface area contributed by atoms with Crippen LogP contribution in [0.5, 0.6) is 11.5 Å². The molecule has 0 aliphatic heterocycles. The Labute approximate surface area is 158 Å². The molecule has 0 saturated heterocycles. The molecule has 4 nitrogen and oxygen atoms in total. The molecule has 5 heteroatoms. The Hall–Kier alpha value is -1.56. The first-order valence-corrected chi connectivity index (χ1v) is 9.25. The van der Waals surface area contributed by atoms with Crippen molar-refractivity contribution in [2.24, 2.45) is 0 Å². The normalized spacial score (nSPS) is 12.0. The second-order valence-electron chi connectivity index (χ2n) is 6.05. The predicted octanol–water partition coefficient (Wildman–Crippen LogP) is 4.21. The third-order valence-electron chi connectivity index (χ3n) is 4.10. The van der Waals surface area contributed by atoms with Gasteiger partial charge in [-0.2, -0.15) is 0 Å². The molecule has 0 fully saturated rings. The average Bonchev–Trinajstić information content (AvgIpc) is 2.62. The summed E-state index contributed by atoms with van der Waals surface area (Å²) in [6.07, 6.45) is 0.881. The number of hydrogen-bond donors (Lipinski definition) is 2. The van der Waals surface area contributed by atoms with Crippen molar-refractivity contribution in [2.45, 2.75) is 39.5 Å². The molecule has 0 amide bonds. The molecule has 0 aliphatic carbocycles. The van der Waals surface area contributed by atoms with Crippen molar-refractivity contribution in [1.82, 2.24) is 5.32 Å². The van der Waals surface area contributed by atoms with Gasteiger partial charge in [0.1, 0.15) is 6.61 Å². The summed E-state index contributed by atoms with van der Waals surface area (Å²) in [5.41, 5.74) is 3.41. The average molecular weight is 408 g/mol. The number of ether oxygens (including phenoxy) is 2.